The van der Waals surface area contributed by atoms with Crippen molar-refractivity contribution in [1.82, 2.24) is 0 Å². The summed E-state index contributed by atoms with van der Waals surface area (Å²) in [5.41, 5.74) is 0. The summed E-state index contributed by atoms with van der Waals surface area (Å²) in [6.07, 6.45) is 39.2. The van der Waals surface area contributed by atoms with E-state index in [2.05, 4.69) is 42.3 Å². The van der Waals surface area contributed by atoms with Crippen molar-refractivity contribution in [1.29, 1.82) is 0 Å². The van der Waals surface area contributed by atoms with Gasteiger partial charge in [-0.2, -0.15) is 8.42 Å². The zero-order chi connectivity index (χ0) is 46.1. The van der Waals surface area contributed by atoms with Crippen molar-refractivity contribution in [2.75, 3.05) is 26.4 Å². The maximum Gasteiger partial charge on any atom is 0.397 e. The molecule has 4 N–H and O–H groups in total. The molecule has 63 heavy (non-hydrogen) atoms. The van der Waals surface area contributed by atoms with Gasteiger partial charge in [-0.25, -0.2) is 4.18 Å². The Labute approximate surface area is 384 Å². The number of aliphatic hydroxyl groups is 3. The van der Waals surface area contributed by atoms with Gasteiger partial charge in [-0.1, -0.05) is 179 Å². The summed E-state index contributed by atoms with van der Waals surface area (Å²) in [5, 5.41) is 30.7. The van der Waals surface area contributed by atoms with Gasteiger partial charge in [0.2, 0.25) is 0 Å². The van der Waals surface area contributed by atoms with Gasteiger partial charge in [0.25, 0.3) is 0 Å². The number of esters is 1. The zero-order valence-corrected chi connectivity index (χ0v) is 40.7. The summed E-state index contributed by atoms with van der Waals surface area (Å²) >= 11 is 0. The third-order valence-corrected chi connectivity index (χ3v) is 12.3. The summed E-state index contributed by atoms with van der Waals surface area (Å²) in [6, 6.07) is 0. The smallest absolute Gasteiger partial charge is 0.397 e. The molecule has 0 aromatic heterocycles. The average molecular weight is 919 g/mol. The van der Waals surface area contributed by atoms with E-state index >= 15 is 0 Å². The van der Waals surface area contributed by atoms with Crippen molar-refractivity contribution >= 4 is 16.4 Å². The molecule has 12 nitrogen and oxygen atoms in total. The summed E-state index contributed by atoms with van der Waals surface area (Å²) in [4.78, 5) is 12.9. The third kappa shape index (κ3) is 35.4. The van der Waals surface area contributed by atoms with E-state index < -0.39 is 59.8 Å². The molecule has 13 heteroatoms. The molecule has 1 saturated heterocycles. The lowest BCUT2D eigenvalue weighted by Gasteiger charge is -2.41. The molecule has 0 amide bonds. The Kier molecular flexibility index (Phi) is 39.7. The Bertz CT molecular complexity index is 1200. The Morgan fingerprint density at radius 3 is 1.43 bits per heavy atom. The highest BCUT2D eigenvalue weighted by molar-refractivity contribution is 7.80. The Hall–Kier alpha value is -1.42. The Morgan fingerprint density at radius 1 is 0.587 bits per heavy atom. The van der Waals surface area contributed by atoms with Crippen molar-refractivity contribution in [2.45, 2.75) is 263 Å². The first-order chi connectivity index (χ1) is 30.6. The molecule has 6 unspecified atom stereocenters. The lowest BCUT2D eigenvalue weighted by Crippen LogP contribution is -2.60. The minimum Gasteiger partial charge on any atom is -0.457 e. The lowest BCUT2D eigenvalue weighted by molar-refractivity contribution is -0.301. The zero-order valence-electron chi connectivity index (χ0n) is 39.9. The van der Waals surface area contributed by atoms with Gasteiger partial charge in [-0.15, -0.1) is 0 Å². The molecule has 1 heterocycles. The first kappa shape index (κ1) is 59.6. The van der Waals surface area contributed by atoms with E-state index in [0.29, 0.717) is 13.0 Å². The molecule has 0 aliphatic carbocycles. The molecule has 0 bridgehead atoms. The molecule has 0 aromatic carbocycles. The fraction of sp³-hybridized carbons (Fsp3) is 0.900. The van der Waals surface area contributed by atoms with E-state index in [1.807, 2.05) is 0 Å². The second-order valence-electron chi connectivity index (χ2n) is 17.8. The highest BCUT2D eigenvalue weighted by atomic mass is 32.3. The predicted molar refractivity (Wildman–Crippen MR) is 253 cm³/mol. The second kappa shape index (κ2) is 42.0. The normalized spacial score (nSPS) is 20.0. The van der Waals surface area contributed by atoms with Crippen LogP contribution in [-0.2, 0) is 38.3 Å². The number of carbonyl (C=O) groups is 1. The standard InChI is InChI=1S/C50H94O12S/c1-3-5-7-9-11-13-15-17-19-21-22-23-25-27-29-31-33-35-37-39-46(52)60-44(43-59-50-48(54)49(62-63(55,56)57)47(53)45(41-51)61-50)42-58-40-38-36-34-32-30-28-26-24-20-18-16-14-12-10-8-6-4-2/h17,19-20,24,44-45,47-51,53-54H,3-16,18,21-23,25-43H2,1-2H3,(H,55,56,57)/b19-17-,24-20-. The molecule has 0 saturated carbocycles. The Morgan fingerprint density at radius 2 is 1.00 bits per heavy atom. The lowest BCUT2D eigenvalue weighted by atomic mass is 9.99. The van der Waals surface area contributed by atoms with Gasteiger partial charge >= 0.3 is 16.4 Å². The summed E-state index contributed by atoms with van der Waals surface area (Å²) in [5.74, 6) is -0.401. The van der Waals surface area contributed by atoms with E-state index in [9.17, 15) is 33.1 Å². The molecule has 0 aromatic rings. The van der Waals surface area contributed by atoms with Crippen molar-refractivity contribution < 1.29 is 56.2 Å². The summed E-state index contributed by atoms with van der Waals surface area (Å²) < 4.78 is 59.2. The predicted octanol–water partition coefficient (Wildman–Crippen LogP) is 11.6. The molecular formula is C50H94O12S. The van der Waals surface area contributed by atoms with Gasteiger partial charge < -0.3 is 34.3 Å². The summed E-state index contributed by atoms with van der Waals surface area (Å²) in [7, 11) is -5.06. The van der Waals surface area contributed by atoms with Gasteiger partial charge in [0.05, 0.1) is 19.8 Å². The van der Waals surface area contributed by atoms with E-state index in [4.69, 9.17) is 18.9 Å². The van der Waals surface area contributed by atoms with Crippen molar-refractivity contribution in [3.63, 3.8) is 0 Å². The van der Waals surface area contributed by atoms with Crippen molar-refractivity contribution in [2.24, 2.45) is 0 Å². The number of rotatable bonds is 45. The molecule has 1 rings (SSSR count). The van der Waals surface area contributed by atoms with Crippen LogP contribution < -0.4 is 0 Å². The van der Waals surface area contributed by atoms with Crippen molar-refractivity contribution in [3.8, 4) is 0 Å². The van der Waals surface area contributed by atoms with Crippen LogP contribution in [0, 0.1) is 0 Å². The third-order valence-electron chi connectivity index (χ3n) is 11.8. The maximum atomic E-state index is 12.9. The molecule has 372 valence electrons. The molecule has 1 aliphatic heterocycles. The van der Waals surface area contributed by atoms with Crippen LogP contribution in [-0.4, -0.2) is 97.5 Å². The van der Waals surface area contributed by atoms with Gasteiger partial charge in [-0.3, -0.25) is 9.35 Å². The van der Waals surface area contributed by atoms with Crippen LogP contribution in [0.4, 0.5) is 0 Å². The molecule has 1 fully saturated rings. The largest absolute Gasteiger partial charge is 0.457 e. The number of unbranched alkanes of at least 4 members (excludes halogenated alkanes) is 28. The van der Waals surface area contributed by atoms with Crippen LogP contribution in [0.2, 0.25) is 0 Å². The van der Waals surface area contributed by atoms with Crippen molar-refractivity contribution in [3.05, 3.63) is 24.3 Å². The minimum absolute atomic E-state index is 0.0340. The van der Waals surface area contributed by atoms with E-state index in [1.165, 1.54) is 154 Å². The van der Waals surface area contributed by atoms with Crippen LogP contribution in [0.5, 0.6) is 0 Å². The van der Waals surface area contributed by atoms with Crippen LogP contribution in [0.25, 0.3) is 0 Å². The van der Waals surface area contributed by atoms with E-state index in [-0.39, 0.29) is 19.6 Å². The number of ether oxygens (including phenoxy) is 4. The second-order valence-corrected chi connectivity index (χ2v) is 18.8. The SMILES string of the molecule is CCCCCCCC/C=C\CCCCCCCCCCCC(=O)OC(COCCCCCCCC/C=C\CCCCCCCCC)COC1OC(CO)C(O)C(OS(=O)(=O)O)C1O. The quantitative estimate of drug-likeness (QED) is 0.0197. The highest BCUT2D eigenvalue weighted by Crippen LogP contribution is 2.26. The molecule has 6 atom stereocenters. The molecule has 1 aliphatic rings. The first-order valence-electron chi connectivity index (χ1n) is 25.6. The van der Waals surface area contributed by atoms with Crippen LogP contribution >= 0.6 is 0 Å². The molecule has 0 radical (unpaired) electrons. The number of carbonyl (C=O) groups excluding carboxylic acids is 1. The Balaban J connectivity index is 2.37. The van der Waals surface area contributed by atoms with Gasteiger partial charge in [0.1, 0.15) is 30.5 Å². The van der Waals surface area contributed by atoms with Crippen LogP contribution in [0.15, 0.2) is 24.3 Å². The highest BCUT2D eigenvalue weighted by Gasteiger charge is 2.48. The van der Waals surface area contributed by atoms with Gasteiger partial charge in [0, 0.05) is 13.0 Å². The maximum absolute atomic E-state index is 12.9. The number of aliphatic hydroxyl groups excluding tert-OH is 3. The fourth-order valence-corrected chi connectivity index (χ4v) is 8.41. The number of hydrogen-bond donors (Lipinski definition) is 4. The minimum atomic E-state index is -5.06. The van der Waals surface area contributed by atoms with Crippen LogP contribution in [0.3, 0.4) is 0 Å². The first-order valence-corrected chi connectivity index (χ1v) is 27.0. The van der Waals surface area contributed by atoms with Crippen LogP contribution in [0.1, 0.15) is 226 Å². The monoisotopic (exact) mass is 919 g/mol. The number of hydrogen-bond acceptors (Lipinski definition) is 11. The van der Waals surface area contributed by atoms with Gasteiger partial charge in [0.15, 0.2) is 6.29 Å². The van der Waals surface area contributed by atoms with E-state index in [1.54, 1.807) is 0 Å². The molecule has 0 spiro atoms. The topological polar surface area (TPSA) is 178 Å². The van der Waals surface area contributed by atoms with Gasteiger partial charge in [-0.05, 0) is 64.2 Å². The molecular weight excluding hydrogens is 825 g/mol. The fourth-order valence-electron chi connectivity index (χ4n) is 7.90. The average Bonchev–Trinajstić information content (AvgIpc) is 3.26. The summed E-state index contributed by atoms with van der Waals surface area (Å²) in [6.45, 7) is 4.00. The van der Waals surface area contributed by atoms with E-state index in [0.717, 1.165) is 44.9 Å². The number of allylic oxidation sites excluding steroid dienone is 4.